The topological polar surface area (TPSA) is 62.5 Å². The minimum absolute atomic E-state index is 0.241. The quantitative estimate of drug-likeness (QED) is 0.636. The standard InChI is InChI=1S/C18H24N4O/c1-2-19-17(20-13-16-9-12-23-22-16)21-14-18(10-6-11-18)15-7-4-3-5-8-15/h3-5,7-9,12H,2,6,10-11,13-14H2,1H3,(H2,19,20,21). The lowest BCUT2D eigenvalue weighted by Gasteiger charge is -2.43. The van der Waals surface area contributed by atoms with Gasteiger partial charge in [0.15, 0.2) is 5.96 Å². The van der Waals surface area contributed by atoms with Crippen LogP contribution in [-0.4, -0.2) is 24.2 Å². The lowest BCUT2D eigenvalue weighted by atomic mass is 9.64. The number of aromatic nitrogens is 1. The third-order valence-electron chi connectivity index (χ3n) is 4.53. The summed E-state index contributed by atoms with van der Waals surface area (Å²) >= 11 is 0. The molecule has 1 fully saturated rings. The molecular formula is C18H24N4O. The summed E-state index contributed by atoms with van der Waals surface area (Å²) in [4.78, 5) is 4.58. The number of nitrogens with one attached hydrogen (secondary N) is 2. The summed E-state index contributed by atoms with van der Waals surface area (Å²) < 4.78 is 4.85. The van der Waals surface area contributed by atoms with E-state index < -0.39 is 0 Å². The van der Waals surface area contributed by atoms with Crippen LogP contribution < -0.4 is 10.6 Å². The van der Waals surface area contributed by atoms with Crippen molar-refractivity contribution in [2.45, 2.75) is 38.1 Å². The molecule has 5 heteroatoms. The molecule has 0 bridgehead atoms. The minimum Gasteiger partial charge on any atom is -0.364 e. The van der Waals surface area contributed by atoms with Gasteiger partial charge in [-0.05, 0) is 25.3 Å². The SMILES string of the molecule is CCNC(=NCc1ccon1)NCC1(c2ccccc2)CCC1. The van der Waals surface area contributed by atoms with Gasteiger partial charge in [-0.2, -0.15) is 0 Å². The van der Waals surface area contributed by atoms with Crippen molar-refractivity contribution in [2.75, 3.05) is 13.1 Å². The van der Waals surface area contributed by atoms with Crippen molar-refractivity contribution in [3.05, 3.63) is 53.9 Å². The van der Waals surface area contributed by atoms with Crippen LogP contribution in [0.15, 0.2) is 52.2 Å². The average molecular weight is 312 g/mol. The fraction of sp³-hybridized carbons (Fsp3) is 0.444. The number of benzene rings is 1. The van der Waals surface area contributed by atoms with Gasteiger partial charge in [0.05, 0.1) is 6.54 Å². The molecule has 0 amide bonds. The predicted molar refractivity (Wildman–Crippen MR) is 91.3 cm³/mol. The van der Waals surface area contributed by atoms with Crippen molar-refractivity contribution in [3.63, 3.8) is 0 Å². The second kappa shape index (κ2) is 7.31. The maximum Gasteiger partial charge on any atom is 0.191 e. The number of nitrogens with zero attached hydrogens (tertiary/aromatic N) is 2. The van der Waals surface area contributed by atoms with Gasteiger partial charge in [0.2, 0.25) is 0 Å². The number of guanidine groups is 1. The lowest BCUT2D eigenvalue weighted by Crippen LogP contribution is -2.48. The van der Waals surface area contributed by atoms with Crippen LogP contribution in [0.4, 0.5) is 0 Å². The van der Waals surface area contributed by atoms with Gasteiger partial charge in [0, 0.05) is 24.6 Å². The highest BCUT2D eigenvalue weighted by Crippen LogP contribution is 2.43. The van der Waals surface area contributed by atoms with Crippen molar-refractivity contribution in [2.24, 2.45) is 4.99 Å². The zero-order valence-electron chi connectivity index (χ0n) is 13.6. The largest absolute Gasteiger partial charge is 0.364 e. The Balaban J connectivity index is 1.64. The third-order valence-corrected chi connectivity index (χ3v) is 4.53. The van der Waals surface area contributed by atoms with Crippen molar-refractivity contribution in [3.8, 4) is 0 Å². The van der Waals surface area contributed by atoms with Gasteiger partial charge < -0.3 is 15.2 Å². The Morgan fingerprint density at radius 2 is 2.04 bits per heavy atom. The fourth-order valence-corrected chi connectivity index (χ4v) is 3.04. The highest BCUT2D eigenvalue weighted by atomic mass is 16.5. The van der Waals surface area contributed by atoms with E-state index in [1.165, 1.54) is 24.8 Å². The Hall–Kier alpha value is -2.30. The van der Waals surface area contributed by atoms with Gasteiger partial charge in [-0.1, -0.05) is 41.9 Å². The molecule has 2 N–H and O–H groups in total. The van der Waals surface area contributed by atoms with Gasteiger partial charge in [0.1, 0.15) is 12.0 Å². The van der Waals surface area contributed by atoms with E-state index in [4.69, 9.17) is 4.52 Å². The first-order valence-electron chi connectivity index (χ1n) is 8.29. The lowest BCUT2D eigenvalue weighted by molar-refractivity contribution is 0.244. The molecule has 0 unspecified atom stereocenters. The van der Waals surface area contributed by atoms with Gasteiger partial charge >= 0.3 is 0 Å². The van der Waals surface area contributed by atoms with Crippen LogP contribution in [-0.2, 0) is 12.0 Å². The summed E-state index contributed by atoms with van der Waals surface area (Å²) in [5.41, 5.74) is 2.50. The van der Waals surface area contributed by atoms with Crippen LogP contribution in [0.25, 0.3) is 0 Å². The minimum atomic E-state index is 0.241. The van der Waals surface area contributed by atoms with E-state index in [2.05, 4.69) is 58.0 Å². The molecular weight excluding hydrogens is 288 g/mol. The molecule has 0 saturated heterocycles. The van der Waals surface area contributed by atoms with Crippen molar-refractivity contribution in [1.29, 1.82) is 0 Å². The summed E-state index contributed by atoms with van der Waals surface area (Å²) in [6.45, 7) is 4.33. The van der Waals surface area contributed by atoms with Crippen LogP contribution in [0, 0.1) is 0 Å². The molecule has 1 aromatic heterocycles. The summed E-state index contributed by atoms with van der Waals surface area (Å²) in [5, 5.41) is 10.7. The highest BCUT2D eigenvalue weighted by Gasteiger charge is 2.38. The fourth-order valence-electron chi connectivity index (χ4n) is 3.04. The van der Waals surface area contributed by atoms with E-state index in [0.29, 0.717) is 6.54 Å². The average Bonchev–Trinajstić information content (AvgIpc) is 3.06. The number of hydrogen-bond acceptors (Lipinski definition) is 3. The zero-order chi connectivity index (χ0) is 16.0. The number of hydrogen-bond donors (Lipinski definition) is 2. The van der Waals surface area contributed by atoms with Gasteiger partial charge in [-0.25, -0.2) is 4.99 Å². The van der Waals surface area contributed by atoms with Crippen LogP contribution in [0.2, 0.25) is 0 Å². The van der Waals surface area contributed by atoms with Crippen molar-refractivity contribution >= 4 is 5.96 Å². The molecule has 5 nitrogen and oxygen atoms in total. The van der Waals surface area contributed by atoms with E-state index >= 15 is 0 Å². The molecule has 1 heterocycles. The Morgan fingerprint density at radius 3 is 2.65 bits per heavy atom. The molecule has 1 saturated carbocycles. The maximum atomic E-state index is 4.85. The first-order valence-corrected chi connectivity index (χ1v) is 8.29. The molecule has 0 radical (unpaired) electrons. The molecule has 1 aliphatic rings. The summed E-state index contributed by atoms with van der Waals surface area (Å²) in [7, 11) is 0. The predicted octanol–water partition coefficient (Wildman–Crippen LogP) is 2.85. The van der Waals surface area contributed by atoms with E-state index in [1.807, 2.05) is 6.07 Å². The van der Waals surface area contributed by atoms with Gasteiger partial charge in [-0.15, -0.1) is 0 Å². The molecule has 23 heavy (non-hydrogen) atoms. The van der Waals surface area contributed by atoms with Gasteiger partial charge in [-0.3, -0.25) is 0 Å². The first-order chi connectivity index (χ1) is 11.3. The smallest absolute Gasteiger partial charge is 0.191 e. The Bertz CT molecular complexity index is 618. The van der Waals surface area contributed by atoms with Crippen molar-refractivity contribution < 1.29 is 4.52 Å². The highest BCUT2D eigenvalue weighted by molar-refractivity contribution is 5.79. The third kappa shape index (κ3) is 3.73. The first kappa shape index (κ1) is 15.6. The second-order valence-corrected chi connectivity index (χ2v) is 6.04. The maximum absolute atomic E-state index is 4.85. The summed E-state index contributed by atoms with van der Waals surface area (Å²) in [6.07, 6.45) is 5.33. The molecule has 1 aromatic carbocycles. The van der Waals surface area contributed by atoms with Gasteiger partial charge in [0.25, 0.3) is 0 Å². The van der Waals surface area contributed by atoms with E-state index in [1.54, 1.807) is 6.26 Å². The van der Waals surface area contributed by atoms with Crippen LogP contribution >= 0.6 is 0 Å². The molecule has 1 aliphatic carbocycles. The molecule has 122 valence electrons. The van der Waals surface area contributed by atoms with E-state index in [0.717, 1.165) is 24.7 Å². The van der Waals surface area contributed by atoms with E-state index in [9.17, 15) is 0 Å². The molecule has 0 spiro atoms. The van der Waals surface area contributed by atoms with E-state index in [-0.39, 0.29) is 5.41 Å². The molecule has 2 aromatic rings. The summed E-state index contributed by atoms with van der Waals surface area (Å²) in [6, 6.07) is 12.6. The number of aliphatic imine (C=N–C) groups is 1. The normalized spacial score (nSPS) is 16.7. The van der Waals surface area contributed by atoms with Crippen molar-refractivity contribution in [1.82, 2.24) is 15.8 Å². The molecule has 0 atom stereocenters. The molecule has 0 aliphatic heterocycles. The Morgan fingerprint density at radius 1 is 1.22 bits per heavy atom. The zero-order valence-corrected chi connectivity index (χ0v) is 13.6. The van der Waals surface area contributed by atoms with Crippen LogP contribution in [0.5, 0.6) is 0 Å². The van der Waals surface area contributed by atoms with Crippen LogP contribution in [0.3, 0.4) is 0 Å². The molecule has 3 rings (SSSR count). The monoisotopic (exact) mass is 312 g/mol. The summed E-state index contributed by atoms with van der Waals surface area (Å²) in [5.74, 6) is 0.831. The number of rotatable bonds is 6. The second-order valence-electron chi connectivity index (χ2n) is 6.04. The Kier molecular flexibility index (Phi) is 4.95. The Labute approximate surface area is 137 Å². The van der Waals surface area contributed by atoms with Crippen LogP contribution in [0.1, 0.15) is 37.4 Å².